The first kappa shape index (κ1) is 13.6. The number of aryl methyl sites for hydroxylation is 1. The Labute approximate surface area is 124 Å². The molecule has 1 heterocycles. The molecule has 0 aliphatic rings. The zero-order chi connectivity index (χ0) is 14.8. The number of aliphatic hydroxyl groups excluding tert-OH is 1. The van der Waals surface area contributed by atoms with Crippen LogP contribution in [-0.4, -0.2) is 17.1 Å². The number of rotatable bonds is 3. The summed E-state index contributed by atoms with van der Waals surface area (Å²) in [4.78, 5) is 6.73. The van der Waals surface area contributed by atoms with Crippen molar-refractivity contribution in [2.24, 2.45) is 0 Å². The fourth-order valence-electron chi connectivity index (χ4n) is 2.46. The van der Waals surface area contributed by atoms with E-state index in [9.17, 15) is 5.11 Å². The minimum absolute atomic E-state index is 0.0282. The highest BCUT2D eigenvalue weighted by atomic mass is 16.3. The maximum absolute atomic E-state index is 9.32. The van der Waals surface area contributed by atoms with Crippen molar-refractivity contribution in [2.75, 3.05) is 11.9 Å². The predicted molar refractivity (Wildman–Crippen MR) is 86.9 cm³/mol. The summed E-state index contributed by atoms with van der Waals surface area (Å²) in [6.07, 6.45) is 0. The quantitative estimate of drug-likeness (QED) is 0.791. The van der Waals surface area contributed by atoms with Gasteiger partial charge in [-0.1, -0.05) is 24.3 Å². The van der Waals surface area contributed by atoms with E-state index in [0.717, 1.165) is 33.5 Å². The van der Waals surface area contributed by atoms with Crippen molar-refractivity contribution in [3.8, 4) is 0 Å². The van der Waals surface area contributed by atoms with Gasteiger partial charge in [0.15, 0.2) is 0 Å². The Hall–Kier alpha value is -2.39. The van der Waals surface area contributed by atoms with Crippen molar-refractivity contribution >= 4 is 22.3 Å². The van der Waals surface area contributed by atoms with E-state index in [1.54, 1.807) is 0 Å². The summed E-state index contributed by atoms with van der Waals surface area (Å²) in [5.74, 6) is 0. The third-order valence-electron chi connectivity index (χ3n) is 3.80. The van der Waals surface area contributed by atoms with Gasteiger partial charge < -0.3 is 10.0 Å². The first-order valence-corrected chi connectivity index (χ1v) is 6.99. The Morgan fingerprint density at radius 1 is 1.00 bits per heavy atom. The van der Waals surface area contributed by atoms with Crippen molar-refractivity contribution in [1.29, 1.82) is 0 Å². The zero-order valence-corrected chi connectivity index (χ0v) is 12.2. The number of anilines is 2. The highest BCUT2D eigenvalue weighted by Crippen LogP contribution is 2.27. The van der Waals surface area contributed by atoms with Gasteiger partial charge in [-0.15, -0.1) is 0 Å². The largest absolute Gasteiger partial charge is 0.392 e. The van der Waals surface area contributed by atoms with Crippen LogP contribution in [0.2, 0.25) is 0 Å². The van der Waals surface area contributed by atoms with Gasteiger partial charge in [-0.2, -0.15) is 0 Å². The summed E-state index contributed by atoms with van der Waals surface area (Å²) in [5.41, 5.74) is 4.94. The molecule has 106 valence electrons. The Balaban J connectivity index is 2.05. The van der Waals surface area contributed by atoms with Crippen LogP contribution in [0.15, 0.2) is 54.6 Å². The normalized spacial score (nSPS) is 10.8. The number of aromatic nitrogens is 1. The van der Waals surface area contributed by atoms with Crippen LogP contribution in [0.25, 0.3) is 10.9 Å². The fraction of sp³-hybridized carbons (Fsp3) is 0.167. The molecule has 0 fully saturated rings. The van der Waals surface area contributed by atoms with Gasteiger partial charge in [0.2, 0.25) is 0 Å². The summed E-state index contributed by atoms with van der Waals surface area (Å²) in [6.45, 7) is 1.96. The minimum Gasteiger partial charge on any atom is -0.392 e. The molecule has 3 rings (SSSR count). The third-order valence-corrected chi connectivity index (χ3v) is 3.80. The van der Waals surface area contributed by atoms with E-state index in [2.05, 4.69) is 40.2 Å². The molecular weight excluding hydrogens is 260 g/mol. The van der Waals surface area contributed by atoms with E-state index in [1.807, 2.05) is 38.2 Å². The molecule has 0 saturated carbocycles. The topological polar surface area (TPSA) is 36.4 Å². The lowest BCUT2D eigenvalue weighted by Gasteiger charge is -2.20. The monoisotopic (exact) mass is 278 g/mol. The molecule has 0 amide bonds. The number of hydrogen-bond donors (Lipinski definition) is 1. The average molecular weight is 278 g/mol. The van der Waals surface area contributed by atoms with Crippen molar-refractivity contribution in [3.05, 3.63) is 65.9 Å². The highest BCUT2D eigenvalue weighted by molar-refractivity contribution is 5.84. The van der Waals surface area contributed by atoms with Crippen LogP contribution < -0.4 is 4.90 Å². The lowest BCUT2D eigenvalue weighted by molar-refractivity contribution is 0.280. The molecule has 0 aliphatic heterocycles. The van der Waals surface area contributed by atoms with E-state index in [1.165, 1.54) is 0 Å². The van der Waals surface area contributed by atoms with E-state index in [-0.39, 0.29) is 6.61 Å². The number of fused-ring (bicyclic) bond motifs is 1. The molecule has 1 N–H and O–H groups in total. The van der Waals surface area contributed by atoms with Crippen LogP contribution in [-0.2, 0) is 6.61 Å². The van der Waals surface area contributed by atoms with Crippen LogP contribution in [0.1, 0.15) is 11.3 Å². The molecule has 3 heteroatoms. The Kier molecular flexibility index (Phi) is 3.59. The molecule has 1 aromatic heterocycles. The smallest absolute Gasteiger partial charge is 0.0726 e. The van der Waals surface area contributed by atoms with Gasteiger partial charge in [-0.05, 0) is 42.8 Å². The second-order valence-corrected chi connectivity index (χ2v) is 5.16. The zero-order valence-electron chi connectivity index (χ0n) is 12.2. The summed E-state index contributed by atoms with van der Waals surface area (Å²) in [7, 11) is 2.05. The van der Waals surface area contributed by atoms with Gasteiger partial charge in [0.1, 0.15) is 0 Å². The van der Waals surface area contributed by atoms with E-state index in [0.29, 0.717) is 0 Å². The van der Waals surface area contributed by atoms with Crippen LogP contribution >= 0.6 is 0 Å². The van der Waals surface area contributed by atoms with Crippen LogP contribution in [0.3, 0.4) is 0 Å². The Morgan fingerprint density at radius 3 is 2.48 bits per heavy atom. The highest BCUT2D eigenvalue weighted by Gasteiger charge is 2.07. The second kappa shape index (κ2) is 5.54. The summed E-state index contributed by atoms with van der Waals surface area (Å²) >= 11 is 0. The van der Waals surface area contributed by atoms with Gasteiger partial charge >= 0.3 is 0 Å². The predicted octanol–water partition coefficient (Wildman–Crippen LogP) is 3.80. The van der Waals surface area contributed by atoms with Gasteiger partial charge in [0, 0.05) is 29.5 Å². The van der Waals surface area contributed by atoms with Gasteiger partial charge in [-0.3, -0.25) is 4.98 Å². The summed E-state index contributed by atoms with van der Waals surface area (Å²) in [6, 6.07) is 18.4. The molecule has 0 unspecified atom stereocenters. The standard InChI is InChI=1S/C18H18N2O/c1-13-15(12-21)10-14-8-9-17(11-18(14)19-13)20(2)16-6-4-3-5-7-16/h3-11,21H,12H2,1-2H3. The Bertz CT molecular complexity index is 769. The molecule has 21 heavy (non-hydrogen) atoms. The molecule has 0 radical (unpaired) electrons. The van der Waals surface area contributed by atoms with E-state index >= 15 is 0 Å². The molecule has 0 atom stereocenters. The molecule has 0 bridgehead atoms. The van der Waals surface area contributed by atoms with Crippen molar-refractivity contribution < 1.29 is 5.11 Å². The van der Waals surface area contributed by atoms with Crippen molar-refractivity contribution in [1.82, 2.24) is 4.98 Å². The Morgan fingerprint density at radius 2 is 1.76 bits per heavy atom. The number of benzene rings is 2. The fourth-order valence-corrected chi connectivity index (χ4v) is 2.46. The molecule has 0 saturated heterocycles. The molecule has 2 aromatic carbocycles. The molecular formula is C18H18N2O. The number of para-hydroxylation sites is 1. The van der Waals surface area contributed by atoms with E-state index in [4.69, 9.17) is 0 Å². The minimum atomic E-state index is 0.0282. The van der Waals surface area contributed by atoms with Gasteiger partial charge in [-0.25, -0.2) is 0 Å². The number of nitrogens with zero attached hydrogens (tertiary/aromatic N) is 2. The lowest BCUT2D eigenvalue weighted by atomic mass is 10.1. The third kappa shape index (κ3) is 2.60. The first-order valence-electron chi connectivity index (χ1n) is 6.99. The SMILES string of the molecule is Cc1nc2cc(N(C)c3ccccc3)ccc2cc1CO. The van der Waals surface area contributed by atoms with Crippen LogP contribution in [0.4, 0.5) is 11.4 Å². The van der Waals surface area contributed by atoms with E-state index < -0.39 is 0 Å². The second-order valence-electron chi connectivity index (χ2n) is 5.16. The van der Waals surface area contributed by atoms with Crippen molar-refractivity contribution in [2.45, 2.75) is 13.5 Å². The number of aliphatic hydroxyl groups is 1. The summed E-state index contributed by atoms with van der Waals surface area (Å²) < 4.78 is 0. The van der Waals surface area contributed by atoms with Gasteiger partial charge in [0.05, 0.1) is 12.1 Å². The number of pyridine rings is 1. The van der Waals surface area contributed by atoms with Crippen molar-refractivity contribution in [3.63, 3.8) is 0 Å². The molecule has 0 aliphatic carbocycles. The average Bonchev–Trinajstić information content (AvgIpc) is 2.53. The van der Waals surface area contributed by atoms with Crippen LogP contribution in [0, 0.1) is 6.92 Å². The number of hydrogen-bond acceptors (Lipinski definition) is 3. The first-order chi connectivity index (χ1) is 10.2. The lowest BCUT2D eigenvalue weighted by Crippen LogP contribution is -2.09. The summed E-state index contributed by atoms with van der Waals surface area (Å²) in [5, 5.41) is 10.4. The van der Waals surface area contributed by atoms with Crippen LogP contribution in [0.5, 0.6) is 0 Å². The molecule has 3 nitrogen and oxygen atoms in total. The maximum atomic E-state index is 9.32. The van der Waals surface area contributed by atoms with Gasteiger partial charge in [0.25, 0.3) is 0 Å². The maximum Gasteiger partial charge on any atom is 0.0726 e. The molecule has 3 aromatic rings. The molecule has 0 spiro atoms.